The normalized spacial score (nSPS) is 12.8. The average Bonchev–Trinajstić information content (AvgIpc) is 2.72. The van der Waals surface area contributed by atoms with Gasteiger partial charge in [0.05, 0.1) is 5.02 Å². The molecule has 1 atom stereocenters. The minimum Gasteiger partial charge on any atom is -0.463 e. The first kappa shape index (κ1) is 12.6. The number of furan rings is 1. The van der Waals surface area contributed by atoms with Crippen LogP contribution in [0.4, 0.5) is 4.39 Å². The number of hydrogen-bond donors (Lipinski definition) is 1. The first-order chi connectivity index (χ1) is 8.00. The molecule has 0 radical (unpaired) electrons. The summed E-state index contributed by atoms with van der Waals surface area (Å²) in [7, 11) is 0. The van der Waals surface area contributed by atoms with Crippen LogP contribution in [0.25, 0.3) is 0 Å². The zero-order valence-electron chi connectivity index (χ0n) is 8.88. The van der Waals surface area contributed by atoms with Gasteiger partial charge in [0, 0.05) is 10.0 Å². The molecule has 2 rings (SSSR count). The third-order valence-corrected chi connectivity index (χ3v) is 3.65. The zero-order valence-corrected chi connectivity index (χ0v) is 11.2. The molecule has 0 saturated heterocycles. The smallest absolute Gasteiger partial charge is 0.149 e. The van der Waals surface area contributed by atoms with Crippen LogP contribution in [-0.2, 0) is 0 Å². The molecule has 1 heterocycles. The van der Waals surface area contributed by atoms with Crippen molar-refractivity contribution in [3.63, 3.8) is 0 Å². The molecular formula is C12H9BrClFO2. The molecular weight excluding hydrogens is 310 g/mol. The van der Waals surface area contributed by atoms with E-state index >= 15 is 0 Å². The van der Waals surface area contributed by atoms with E-state index in [-0.39, 0.29) is 10.6 Å². The van der Waals surface area contributed by atoms with Gasteiger partial charge >= 0.3 is 0 Å². The van der Waals surface area contributed by atoms with Crippen molar-refractivity contribution in [3.8, 4) is 0 Å². The van der Waals surface area contributed by atoms with E-state index < -0.39 is 11.9 Å². The quantitative estimate of drug-likeness (QED) is 0.841. The summed E-state index contributed by atoms with van der Waals surface area (Å²) in [6.07, 6.45) is -1.16. The molecule has 0 aliphatic rings. The predicted octanol–water partition coefficient (Wildman–Crippen LogP) is 4.22. The number of hydrogen-bond acceptors (Lipinski definition) is 2. The molecule has 0 amide bonds. The van der Waals surface area contributed by atoms with E-state index in [1.54, 1.807) is 25.1 Å². The van der Waals surface area contributed by atoms with E-state index in [9.17, 15) is 9.50 Å². The highest BCUT2D eigenvalue weighted by atomic mass is 79.9. The van der Waals surface area contributed by atoms with Crippen LogP contribution in [0.5, 0.6) is 0 Å². The van der Waals surface area contributed by atoms with Crippen LogP contribution in [0.15, 0.2) is 33.2 Å². The Morgan fingerprint density at radius 3 is 2.65 bits per heavy atom. The fraction of sp³-hybridized carbons (Fsp3) is 0.167. The lowest BCUT2D eigenvalue weighted by molar-refractivity contribution is 0.183. The maximum atomic E-state index is 13.8. The third-order valence-electron chi connectivity index (χ3n) is 2.39. The van der Waals surface area contributed by atoms with Gasteiger partial charge in [-0.05, 0) is 41.1 Å². The van der Waals surface area contributed by atoms with Crippen molar-refractivity contribution in [1.82, 2.24) is 0 Å². The summed E-state index contributed by atoms with van der Waals surface area (Å²) in [4.78, 5) is 0. The summed E-state index contributed by atoms with van der Waals surface area (Å²) in [5.74, 6) is 0.296. The topological polar surface area (TPSA) is 33.4 Å². The van der Waals surface area contributed by atoms with Gasteiger partial charge in [-0.15, -0.1) is 0 Å². The molecule has 1 unspecified atom stereocenters. The maximum Gasteiger partial charge on any atom is 0.149 e. The minimum absolute atomic E-state index is 0.0511. The largest absolute Gasteiger partial charge is 0.463 e. The van der Waals surface area contributed by atoms with Crippen molar-refractivity contribution >= 4 is 27.5 Å². The van der Waals surface area contributed by atoms with Crippen LogP contribution in [-0.4, -0.2) is 5.11 Å². The SMILES string of the molecule is Cc1ccc(C(O)c2ccc(Br)c(Cl)c2F)o1. The fourth-order valence-corrected chi connectivity index (χ4v) is 1.98. The Morgan fingerprint density at radius 1 is 1.35 bits per heavy atom. The molecule has 90 valence electrons. The first-order valence-corrected chi connectivity index (χ1v) is 6.05. The number of aliphatic hydroxyl groups excluding tert-OH is 1. The fourth-order valence-electron chi connectivity index (χ4n) is 1.51. The van der Waals surface area contributed by atoms with E-state index in [0.29, 0.717) is 16.0 Å². The second-order valence-corrected chi connectivity index (χ2v) is 4.85. The highest BCUT2D eigenvalue weighted by Gasteiger charge is 2.20. The Labute approximate surface area is 111 Å². The van der Waals surface area contributed by atoms with Gasteiger partial charge in [0.2, 0.25) is 0 Å². The highest BCUT2D eigenvalue weighted by molar-refractivity contribution is 9.10. The van der Waals surface area contributed by atoms with E-state index in [1.165, 1.54) is 6.07 Å². The van der Waals surface area contributed by atoms with Crippen LogP contribution in [0.3, 0.4) is 0 Å². The zero-order chi connectivity index (χ0) is 12.6. The molecule has 0 aliphatic carbocycles. The second kappa shape index (κ2) is 4.80. The van der Waals surface area contributed by atoms with Gasteiger partial charge < -0.3 is 9.52 Å². The van der Waals surface area contributed by atoms with Crippen molar-refractivity contribution < 1.29 is 13.9 Å². The number of halogens is 3. The lowest BCUT2D eigenvalue weighted by Crippen LogP contribution is -2.02. The summed E-state index contributed by atoms with van der Waals surface area (Å²) >= 11 is 8.87. The van der Waals surface area contributed by atoms with Crippen molar-refractivity contribution in [1.29, 1.82) is 0 Å². The number of benzene rings is 1. The van der Waals surface area contributed by atoms with Gasteiger partial charge in [-0.1, -0.05) is 17.7 Å². The van der Waals surface area contributed by atoms with E-state index in [0.717, 1.165) is 0 Å². The molecule has 0 spiro atoms. The monoisotopic (exact) mass is 318 g/mol. The molecule has 1 N–H and O–H groups in total. The van der Waals surface area contributed by atoms with Gasteiger partial charge in [-0.3, -0.25) is 0 Å². The summed E-state index contributed by atoms with van der Waals surface area (Å²) in [5, 5.41) is 9.94. The molecule has 2 nitrogen and oxygen atoms in total. The number of aryl methyl sites for hydroxylation is 1. The first-order valence-electron chi connectivity index (χ1n) is 4.88. The molecule has 0 aliphatic heterocycles. The van der Waals surface area contributed by atoms with Crippen LogP contribution in [0.1, 0.15) is 23.2 Å². The van der Waals surface area contributed by atoms with Gasteiger partial charge in [0.1, 0.15) is 23.4 Å². The molecule has 0 saturated carbocycles. The summed E-state index contributed by atoms with van der Waals surface area (Å²) in [6, 6.07) is 6.36. The van der Waals surface area contributed by atoms with Crippen molar-refractivity contribution in [2.24, 2.45) is 0 Å². The molecule has 5 heteroatoms. The summed E-state index contributed by atoms with van der Waals surface area (Å²) in [5.41, 5.74) is 0.0903. The third kappa shape index (κ3) is 2.39. The summed E-state index contributed by atoms with van der Waals surface area (Å²) in [6.45, 7) is 1.75. The predicted molar refractivity (Wildman–Crippen MR) is 66.6 cm³/mol. The molecule has 17 heavy (non-hydrogen) atoms. The maximum absolute atomic E-state index is 13.8. The summed E-state index contributed by atoms with van der Waals surface area (Å²) < 4.78 is 19.5. The van der Waals surface area contributed by atoms with Crippen LogP contribution >= 0.6 is 27.5 Å². The van der Waals surface area contributed by atoms with Crippen molar-refractivity contribution in [2.75, 3.05) is 0 Å². The molecule has 1 aromatic heterocycles. The Balaban J connectivity index is 2.44. The van der Waals surface area contributed by atoms with Crippen molar-refractivity contribution in [3.05, 3.63) is 56.7 Å². The van der Waals surface area contributed by atoms with E-state index in [2.05, 4.69) is 15.9 Å². The van der Waals surface area contributed by atoms with Crippen LogP contribution in [0.2, 0.25) is 5.02 Å². The van der Waals surface area contributed by atoms with Crippen LogP contribution in [0, 0.1) is 12.7 Å². The van der Waals surface area contributed by atoms with Gasteiger partial charge in [0.15, 0.2) is 0 Å². The second-order valence-electron chi connectivity index (χ2n) is 3.62. The van der Waals surface area contributed by atoms with Crippen molar-refractivity contribution in [2.45, 2.75) is 13.0 Å². The molecule has 0 bridgehead atoms. The molecule has 1 aromatic carbocycles. The Morgan fingerprint density at radius 2 is 2.06 bits per heavy atom. The van der Waals surface area contributed by atoms with Crippen LogP contribution < -0.4 is 0 Å². The lowest BCUT2D eigenvalue weighted by Gasteiger charge is -2.11. The highest BCUT2D eigenvalue weighted by Crippen LogP contribution is 2.33. The Bertz CT molecular complexity index is 553. The minimum atomic E-state index is -1.16. The van der Waals surface area contributed by atoms with E-state index in [1.807, 2.05) is 0 Å². The van der Waals surface area contributed by atoms with Gasteiger partial charge in [0.25, 0.3) is 0 Å². The van der Waals surface area contributed by atoms with E-state index in [4.69, 9.17) is 16.0 Å². The standard InChI is InChI=1S/C12H9BrClFO2/c1-6-2-5-9(17-6)12(16)7-3-4-8(13)10(14)11(7)15/h2-5,12,16H,1H3. The Hall–Kier alpha value is -0.840. The number of aliphatic hydroxyl groups is 1. The number of rotatable bonds is 2. The van der Waals surface area contributed by atoms with Gasteiger partial charge in [-0.25, -0.2) is 4.39 Å². The molecule has 0 fully saturated rings. The lowest BCUT2D eigenvalue weighted by atomic mass is 10.1. The average molecular weight is 320 g/mol. The van der Waals surface area contributed by atoms with Gasteiger partial charge in [-0.2, -0.15) is 0 Å². The Kier molecular flexibility index (Phi) is 3.56. The molecule has 2 aromatic rings.